The van der Waals surface area contributed by atoms with Gasteiger partial charge in [-0.15, -0.1) is 0 Å². The van der Waals surface area contributed by atoms with Crippen LogP contribution in [0.3, 0.4) is 0 Å². The maximum absolute atomic E-state index is 11.9. The van der Waals surface area contributed by atoms with Crippen LogP contribution in [0.15, 0.2) is 24.3 Å². The summed E-state index contributed by atoms with van der Waals surface area (Å²) >= 11 is 0. The minimum absolute atomic E-state index is 0.111. The summed E-state index contributed by atoms with van der Waals surface area (Å²) in [6, 6.07) is 6.82. The molecule has 0 aliphatic carbocycles. The molecule has 1 amide bonds. The van der Waals surface area contributed by atoms with Gasteiger partial charge < -0.3 is 15.7 Å². The largest absolute Gasteiger partial charge is 0.478 e. The summed E-state index contributed by atoms with van der Waals surface area (Å²) in [7, 11) is 0. The molecule has 19 heavy (non-hydrogen) atoms. The Morgan fingerprint density at radius 2 is 1.95 bits per heavy atom. The highest BCUT2D eigenvalue weighted by Crippen LogP contribution is 2.10. The molecule has 2 rings (SSSR count). The molecule has 0 radical (unpaired) electrons. The Morgan fingerprint density at radius 1 is 1.26 bits per heavy atom. The Morgan fingerprint density at radius 3 is 2.63 bits per heavy atom. The first kappa shape index (κ1) is 13.5. The molecule has 0 aromatic heterocycles. The topological polar surface area (TPSA) is 78.4 Å². The Kier molecular flexibility index (Phi) is 4.52. The van der Waals surface area contributed by atoms with Gasteiger partial charge in [0.1, 0.15) is 0 Å². The molecule has 1 aromatic carbocycles. The van der Waals surface area contributed by atoms with E-state index in [1.165, 1.54) is 6.07 Å². The lowest BCUT2D eigenvalue weighted by atomic mass is 10.0. The number of piperidine rings is 1. The van der Waals surface area contributed by atoms with Gasteiger partial charge >= 0.3 is 5.97 Å². The summed E-state index contributed by atoms with van der Waals surface area (Å²) < 4.78 is 0. The van der Waals surface area contributed by atoms with Crippen molar-refractivity contribution < 1.29 is 14.7 Å². The number of hydrogen-bond donors (Lipinski definition) is 3. The SMILES string of the molecule is O=C(Cc1ccccc1C(=O)O)NC1CCNCC1. The van der Waals surface area contributed by atoms with E-state index in [2.05, 4.69) is 10.6 Å². The van der Waals surface area contributed by atoms with E-state index < -0.39 is 5.97 Å². The molecule has 1 heterocycles. The van der Waals surface area contributed by atoms with Crippen LogP contribution in [0.2, 0.25) is 0 Å². The smallest absolute Gasteiger partial charge is 0.335 e. The molecule has 1 aliphatic rings. The normalized spacial score (nSPS) is 16.0. The summed E-state index contributed by atoms with van der Waals surface area (Å²) in [4.78, 5) is 23.0. The maximum atomic E-state index is 11.9. The highest BCUT2D eigenvalue weighted by molar-refractivity contribution is 5.91. The molecule has 0 spiro atoms. The zero-order chi connectivity index (χ0) is 13.7. The molecule has 1 fully saturated rings. The van der Waals surface area contributed by atoms with E-state index in [4.69, 9.17) is 5.11 Å². The van der Waals surface area contributed by atoms with Crippen molar-refractivity contribution in [2.45, 2.75) is 25.3 Å². The van der Waals surface area contributed by atoms with Crippen LogP contribution in [0.1, 0.15) is 28.8 Å². The molecule has 1 saturated heterocycles. The van der Waals surface area contributed by atoms with Gasteiger partial charge in [-0.25, -0.2) is 4.79 Å². The molecule has 0 unspecified atom stereocenters. The maximum Gasteiger partial charge on any atom is 0.335 e. The Bertz CT molecular complexity index is 468. The van der Waals surface area contributed by atoms with Crippen LogP contribution in [0.5, 0.6) is 0 Å². The number of rotatable bonds is 4. The van der Waals surface area contributed by atoms with Crippen molar-refractivity contribution in [3.63, 3.8) is 0 Å². The molecule has 1 aliphatic heterocycles. The Hall–Kier alpha value is -1.88. The molecule has 3 N–H and O–H groups in total. The van der Waals surface area contributed by atoms with Gasteiger partial charge in [-0.2, -0.15) is 0 Å². The average Bonchev–Trinajstić information content (AvgIpc) is 2.40. The molecular weight excluding hydrogens is 244 g/mol. The van der Waals surface area contributed by atoms with Crippen LogP contribution in [-0.2, 0) is 11.2 Å². The number of hydrogen-bond acceptors (Lipinski definition) is 3. The van der Waals surface area contributed by atoms with Crippen molar-refractivity contribution in [3.05, 3.63) is 35.4 Å². The first-order valence-corrected chi connectivity index (χ1v) is 6.48. The van der Waals surface area contributed by atoms with Gasteiger partial charge in [0.2, 0.25) is 5.91 Å². The zero-order valence-electron chi connectivity index (χ0n) is 10.7. The van der Waals surface area contributed by atoms with Crippen LogP contribution >= 0.6 is 0 Å². The second-order valence-electron chi connectivity index (χ2n) is 4.73. The Labute approximate surface area is 112 Å². The second kappa shape index (κ2) is 6.33. The summed E-state index contributed by atoms with van der Waals surface area (Å²) in [6.45, 7) is 1.83. The molecule has 102 valence electrons. The lowest BCUT2D eigenvalue weighted by Crippen LogP contribution is -2.43. The number of nitrogens with one attached hydrogen (secondary N) is 2. The highest BCUT2D eigenvalue weighted by atomic mass is 16.4. The van der Waals surface area contributed by atoms with Gasteiger partial charge in [-0.1, -0.05) is 18.2 Å². The summed E-state index contributed by atoms with van der Waals surface area (Å²) in [6.07, 6.45) is 1.96. The zero-order valence-corrected chi connectivity index (χ0v) is 10.7. The highest BCUT2D eigenvalue weighted by Gasteiger charge is 2.17. The number of carbonyl (C=O) groups is 2. The molecule has 0 saturated carbocycles. The van der Waals surface area contributed by atoms with Gasteiger partial charge in [-0.05, 0) is 37.6 Å². The first-order valence-electron chi connectivity index (χ1n) is 6.48. The fourth-order valence-corrected chi connectivity index (χ4v) is 2.30. The average molecular weight is 262 g/mol. The Balaban J connectivity index is 1.96. The monoisotopic (exact) mass is 262 g/mol. The molecular formula is C14H18N2O3. The van der Waals surface area contributed by atoms with E-state index in [1.807, 2.05) is 0 Å². The van der Waals surface area contributed by atoms with E-state index >= 15 is 0 Å². The van der Waals surface area contributed by atoms with Crippen molar-refractivity contribution in [3.8, 4) is 0 Å². The van der Waals surface area contributed by atoms with Gasteiger partial charge in [-0.3, -0.25) is 4.79 Å². The van der Waals surface area contributed by atoms with Crippen molar-refractivity contribution in [2.75, 3.05) is 13.1 Å². The van der Waals surface area contributed by atoms with E-state index in [9.17, 15) is 9.59 Å². The third-order valence-corrected chi connectivity index (χ3v) is 3.30. The minimum atomic E-state index is -0.995. The van der Waals surface area contributed by atoms with E-state index in [0.717, 1.165) is 25.9 Å². The molecule has 1 aromatic rings. The predicted molar refractivity (Wildman–Crippen MR) is 71.1 cm³/mol. The van der Waals surface area contributed by atoms with E-state index in [1.54, 1.807) is 18.2 Å². The number of amides is 1. The van der Waals surface area contributed by atoms with Gasteiger partial charge in [0.25, 0.3) is 0 Å². The third-order valence-electron chi connectivity index (χ3n) is 3.30. The number of carboxylic acid groups (broad SMARTS) is 1. The number of carboxylic acids is 1. The predicted octanol–water partition coefficient (Wildman–Crippen LogP) is 0.795. The van der Waals surface area contributed by atoms with Crippen LogP contribution in [0, 0.1) is 0 Å². The molecule has 0 atom stereocenters. The van der Waals surface area contributed by atoms with E-state index in [0.29, 0.717) is 5.56 Å². The van der Waals surface area contributed by atoms with Crippen molar-refractivity contribution in [1.29, 1.82) is 0 Å². The summed E-state index contributed by atoms with van der Waals surface area (Å²) in [5, 5.41) is 15.3. The fraction of sp³-hybridized carbons (Fsp3) is 0.429. The van der Waals surface area contributed by atoms with Gasteiger partial charge in [0.05, 0.1) is 12.0 Å². The quantitative estimate of drug-likeness (QED) is 0.750. The lowest BCUT2D eigenvalue weighted by molar-refractivity contribution is -0.121. The number of aromatic carboxylic acids is 1. The van der Waals surface area contributed by atoms with Crippen molar-refractivity contribution >= 4 is 11.9 Å². The van der Waals surface area contributed by atoms with Crippen molar-refractivity contribution in [1.82, 2.24) is 10.6 Å². The molecule has 5 heteroatoms. The van der Waals surface area contributed by atoms with Crippen LogP contribution < -0.4 is 10.6 Å². The third kappa shape index (κ3) is 3.79. The summed E-state index contributed by atoms with van der Waals surface area (Å²) in [5.41, 5.74) is 0.754. The van der Waals surface area contributed by atoms with Crippen molar-refractivity contribution in [2.24, 2.45) is 0 Å². The summed E-state index contributed by atoms with van der Waals surface area (Å²) in [5.74, 6) is -1.11. The van der Waals surface area contributed by atoms with Crippen LogP contribution in [0.25, 0.3) is 0 Å². The standard InChI is InChI=1S/C14H18N2O3/c17-13(16-11-5-7-15-8-6-11)9-10-3-1-2-4-12(10)14(18)19/h1-4,11,15H,5-9H2,(H,16,17)(H,18,19). The molecule has 0 bridgehead atoms. The minimum Gasteiger partial charge on any atom is -0.478 e. The van der Waals surface area contributed by atoms with Crippen LogP contribution in [-0.4, -0.2) is 36.1 Å². The van der Waals surface area contributed by atoms with Gasteiger partial charge in [0, 0.05) is 6.04 Å². The van der Waals surface area contributed by atoms with Crippen LogP contribution in [0.4, 0.5) is 0 Å². The lowest BCUT2D eigenvalue weighted by Gasteiger charge is -2.23. The molecule has 5 nitrogen and oxygen atoms in total. The first-order chi connectivity index (χ1) is 9.16. The van der Waals surface area contributed by atoms with Gasteiger partial charge in [0.15, 0.2) is 0 Å². The fourth-order valence-electron chi connectivity index (χ4n) is 2.30. The second-order valence-corrected chi connectivity index (χ2v) is 4.73. The van der Waals surface area contributed by atoms with E-state index in [-0.39, 0.29) is 23.9 Å². The number of carbonyl (C=O) groups excluding carboxylic acids is 1. The number of benzene rings is 1.